The Balaban J connectivity index is 1.74. The van der Waals surface area contributed by atoms with Crippen molar-refractivity contribution >= 4 is 29.6 Å². The molecule has 4 rings (SSSR count). The van der Waals surface area contributed by atoms with Crippen molar-refractivity contribution in [1.82, 2.24) is 9.88 Å². The van der Waals surface area contributed by atoms with Crippen LogP contribution in [-0.4, -0.2) is 29.5 Å². The number of amides is 4. The Labute approximate surface area is 183 Å². The molecule has 0 bridgehead atoms. The van der Waals surface area contributed by atoms with Gasteiger partial charge in [-0.05, 0) is 74.0 Å². The summed E-state index contributed by atoms with van der Waals surface area (Å²) in [5.41, 5.74) is 2.87. The lowest BCUT2D eigenvalue weighted by atomic mass is 10.1. The van der Waals surface area contributed by atoms with Crippen LogP contribution in [0.4, 0.5) is 14.9 Å². The minimum absolute atomic E-state index is 0.181. The fraction of sp³-hybridized carbons (Fsp3) is 0.125. The van der Waals surface area contributed by atoms with Crippen molar-refractivity contribution in [3.8, 4) is 11.4 Å². The highest BCUT2D eigenvalue weighted by atomic mass is 19.1. The van der Waals surface area contributed by atoms with Crippen LogP contribution in [0.5, 0.6) is 5.75 Å². The molecule has 0 unspecified atom stereocenters. The molecule has 0 aliphatic carbocycles. The smallest absolute Gasteiger partial charge is 0.335 e. The van der Waals surface area contributed by atoms with Crippen LogP contribution in [0.2, 0.25) is 0 Å². The van der Waals surface area contributed by atoms with Gasteiger partial charge in [0.15, 0.2) is 0 Å². The lowest BCUT2D eigenvalue weighted by Gasteiger charge is -2.26. The molecular formula is C24H20FN3O4. The van der Waals surface area contributed by atoms with Crippen LogP contribution in [0.3, 0.4) is 0 Å². The summed E-state index contributed by atoms with van der Waals surface area (Å²) in [7, 11) is 1.51. The third-order valence-corrected chi connectivity index (χ3v) is 5.27. The Morgan fingerprint density at radius 1 is 0.969 bits per heavy atom. The predicted molar refractivity (Wildman–Crippen MR) is 117 cm³/mol. The zero-order valence-electron chi connectivity index (χ0n) is 17.7. The molecule has 3 aromatic rings. The van der Waals surface area contributed by atoms with Crippen LogP contribution < -0.4 is 15.0 Å². The van der Waals surface area contributed by atoms with E-state index < -0.39 is 17.8 Å². The fourth-order valence-corrected chi connectivity index (χ4v) is 3.73. The monoisotopic (exact) mass is 433 g/mol. The van der Waals surface area contributed by atoms with Crippen LogP contribution in [0, 0.1) is 19.7 Å². The van der Waals surface area contributed by atoms with Crippen molar-refractivity contribution in [3.05, 3.63) is 82.9 Å². The molecule has 4 amide bonds. The summed E-state index contributed by atoms with van der Waals surface area (Å²) < 4.78 is 20.6. The summed E-state index contributed by atoms with van der Waals surface area (Å²) in [6, 6.07) is 13.4. The number of hydrogen-bond acceptors (Lipinski definition) is 4. The van der Waals surface area contributed by atoms with Crippen LogP contribution >= 0.6 is 0 Å². The van der Waals surface area contributed by atoms with Crippen LogP contribution in [0.1, 0.15) is 17.0 Å². The van der Waals surface area contributed by atoms with Crippen molar-refractivity contribution in [2.75, 3.05) is 12.0 Å². The van der Waals surface area contributed by atoms with Crippen LogP contribution in [0.25, 0.3) is 11.8 Å². The van der Waals surface area contributed by atoms with Gasteiger partial charge in [0, 0.05) is 17.1 Å². The Morgan fingerprint density at radius 2 is 1.69 bits per heavy atom. The van der Waals surface area contributed by atoms with Gasteiger partial charge in [0.05, 0.1) is 12.8 Å². The summed E-state index contributed by atoms with van der Waals surface area (Å²) in [6.45, 7) is 3.65. The van der Waals surface area contributed by atoms with Crippen molar-refractivity contribution in [3.63, 3.8) is 0 Å². The zero-order chi connectivity index (χ0) is 23.0. The number of methoxy groups -OCH3 is 1. The first-order valence-corrected chi connectivity index (χ1v) is 9.80. The van der Waals surface area contributed by atoms with Gasteiger partial charge in [-0.3, -0.25) is 14.9 Å². The Kier molecular flexibility index (Phi) is 5.36. The second-order valence-corrected chi connectivity index (χ2v) is 7.30. The van der Waals surface area contributed by atoms with E-state index in [9.17, 15) is 18.8 Å². The number of hydrogen-bond donors (Lipinski definition) is 1. The predicted octanol–water partition coefficient (Wildman–Crippen LogP) is 3.91. The van der Waals surface area contributed by atoms with E-state index in [0.29, 0.717) is 28.4 Å². The number of barbiturate groups is 1. The van der Waals surface area contributed by atoms with Crippen LogP contribution in [0.15, 0.2) is 60.2 Å². The molecule has 32 heavy (non-hydrogen) atoms. The van der Waals surface area contributed by atoms with E-state index in [1.807, 2.05) is 18.4 Å². The lowest BCUT2D eigenvalue weighted by Crippen LogP contribution is -2.54. The molecule has 1 aliphatic heterocycles. The average molecular weight is 433 g/mol. The van der Waals surface area contributed by atoms with Crippen molar-refractivity contribution in [2.24, 2.45) is 0 Å². The molecule has 1 aliphatic rings. The molecular weight excluding hydrogens is 413 g/mol. The molecule has 1 saturated heterocycles. The van der Waals surface area contributed by atoms with E-state index in [-0.39, 0.29) is 11.4 Å². The van der Waals surface area contributed by atoms with Gasteiger partial charge in [0.1, 0.15) is 17.1 Å². The maximum absolute atomic E-state index is 13.7. The SMILES string of the molecule is COc1ccc(N2C(=O)NC(=O)C(=Cc3cc(C)n(-c4cccc(F)c4)c3C)C2=O)cc1. The highest BCUT2D eigenvalue weighted by Crippen LogP contribution is 2.27. The van der Waals surface area contributed by atoms with Gasteiger partial charge < -0.3 is 9.30 Å². The van der Waals surface area contributed by atoms with Crippen molar-refractivity contribution in [2.45, 2.75) is 13.8 Å². The lowest BCUT2D eigenvalue weighted by molar-refractivity contribution is -0.122. The summed E-state index contributed by atoms with van der Waals surface area (Å²) in [5, 5.41) is 2.21. The number of carbonyl (C=O) groups excluding carboxylic acids is 3. The van der Waals surface area contributed by atoms with Gasteiger partial charge in [-0.25, -0.2) is 14.1 Å². The maximum atomic E-state index is 13.7. The van der Waals surface area contributed by atoms with E-state index in [4.69, 9.17) is 4.74 Å². The van der Waals surface area contributed by atoms with E-state index in [0.717, 1.165) is 10.6 Å². The number of imide groups is 2. The van der Waals surface area contributed by atoms with Gasteiger partial charge >= 0.3 is 6.03 Å². The largest absolute Gasteiger partial charge is 0.497 e. The number of aromatic nitrogens is 1. The molecule has 0 saturated carbocycles. The number of benzene rings is 2. The molecule has 2 heterocycles. The summed E-state index contributed by atoms with van der Waals surface area (Å²) >= 11 is 0. The Hall–Kier alpha value is -4.20. The molecule has 0 radical (unpaired) electrons. The van der Waals surface area contributed by atoms with Crippen LogP contribution in [-0.2, 0) is 9.59 Å². The number of ether oxygens (including phenoxy) is 1. The van der Waals surface area contributed by atoms with Gasteiger partial charge in [-0.15, -0.1) is 0 Å². The number of rotatable bonds is 4. The number of urea groups is 1. The normalized spacial score (nSPS) is 15.3. The third-order valence-electron chi connectivity index (χ3n) is 5.27. The minimum Gasteiger partial charge on any atom is -0.497 e. The van der Waals surface area contributed by atoms with E-state index in [1.54, 1.807) is 42.5 Å². The van der Waals surface area contributed by atoms with E-state index in [1.165, 1.54) is 25.3 Å². The van der Waals surface area contributed by atoms with Crippen molar-refractivity contribution < 1.29 is 23.5 Å². The molecule has 8 heteroatoms. The topological polar surface area (TPSA) is 80.6 Å². The fourth-order valence-electron chi connectivity index (χ4n) is 3.73. The molecule has 2 aromatic carbocycles. The van der Waals surface area contributed by atoms with E-state index >= 15 is 0 Å². The number of carbonyl (C=O) groups is 3. The first-order valence-electron chi connectivity index (χ1n) is 9.80. The molecule has 0 spiro atoms. The van der Waals surface area contributed by atoms with Gasteiger partial charge in [0.2, 0.25) is 0 Å². The summed E-state index contributed by atoms with van der Waals surface area (Å²) in [5.74, 6) is -1.32. The minimum atomic E-state index is -0.826. The van der Waals surface area contributed by atoms with Crippen molar-refractivity contribution in [1.29, 1.82) is 0 Å². The average Bonchev–Trinajstić information content (AvgIpc) is 3.04. The molecule has 7 nitrogen and oxygen atoms in total. The Bertz CT molecular complexity index is 1270. The first kappa shape index (κ1) is 21.0. The number of aryl methyl sites for hydroxylation is 1. The molecule has 1 aromatic heterocycles. The Morgan fingerprint density at radius 3 is 2.34 bits per heavy atom. The van der Waals surface area contributed by atoms with E-state index in [2.05, 4.69) is 5.32 Å². The summed E-state index contributed by atoms with van der Waals surface area (Å²) in [4.78, 5) is 38.9. The quantitative estimate of drug-likeness (QED) is 0.500. The second-order valence-electron chi connectivity index (χ2n) is 7.30. The van der Waals surface area contributed by atoms with Gasteiger partial charge in [-0.1, -0.05) is 6.07 Å². The highest BCUT2D eigenvalue weighted by molar-refractivity contribution is 6.39. The zero-order valence-corrected chi connectivity index (χ0v) is 17.7. The standard InChI is InChI=1S/C24H20FN3O4/c1-14-11-16(15(2)27(14)19-6-4-5-17(25)13-19)12-21-22(29)26-24(31)28(23(21)30)18-7-9-20(32-3)10-8-18/h4-13H,1-3H3,(H,26,29,31). The highest BCUT2D eigenvalue weighted by Gasteiger charge is 2.37. The molecule has 0 atom stereocenters. The molecule has 1 fully saturated rings. The maximum Gasteiger partial charge on any atom is 0.335 e. The number of anilines is 1. The molecule has 162 valence electrons. The van der Waals surface area contributed by atoms with Gasteiger partial charge in [-0.2, -0.15) is 0 Å². The van der Waals surface area contributed by atoms with Gasteiger partial charge in [0.25, 0.3) is 11.8 Å². The number of halogens is 1. The summed E-state index contributed by atoms with van der Waals surface area (Å²) in [6.07, 6.45) is 1.44. The number of nitrogens with one attached hydrogen (secondary N) is 1. The third kappa shape index (κ3) is 3.66. The second kappa shape index (κ2) is 8.14. The number of nitrogens with zero attached hydrogens (tertiary/aromatic N) is 2. The first-order chi connectivity index (χ1) is 15.3. The molecule has 1 N–H and O–H groups in total.